The van der Waals surface area contributed by atoms with Crippen molar-refractivity contribution in [2.75, 3.05) is 12.8 Å². The van der Waals surface area contributed by atoms with Crippen molar-refractivity contribution in [2.24, 2.45) is 0 Å². The number of rotatable bonds is 2. The maximum Gasteiger partial charge on any atom is 0.205 e. The first kappa shape index (κ1) is 11.6. The second-order valence-electron chi connectivity index (χ2n) is 4.45. The summed E-state index contributed by atoms with van der Waals surface area (Å²) in [5.41, 5.74) is 10.1. The van der Waals surface area contributed by atoms with Crippen LogP contribution in [0.3, 0.4) is 0 Å². The van der Waals surface area contributed by atoms with E-state index in [1.54, 1.807) is 7.11 Å². The van der Waals surface area contributed by atoms with Gasteiger partial charge in [-0.1, -0.05) is 18.2 Å². The number of benzene rings is 2. The van der Waals surface area contributed by atoms with Crippen molar-refractivity contribution in [1.82, 2.24) is 9.55 Å². The van der Waals surface area contributed by atoms with E-state index in [1.165, 1.54) is 0 Å². The van der Waals surface area contributed by atoms with Crippen molar-refractivity contribution in [3.63, 3.8) is 0 Å². The van der Waals surface area contributed by atoms with E-state index in [4.69, 9.17) is 10.5 Å². The fourth-order valence-electron chi connectivity index (χ4n) is 2.27. The highest BCUT2D eigenvalue weighted by Crippen LogP contribution is 2.27. The lowest BCUT2D eigenvalue weighted by Crippen LogP contribution is -2.02. The van der Waals surface area contributed by atoms with E-state index in [0.717, 1.165) is 28.0 Å². The van der Waals surface area contributed by atoms with Gasteiger partial charge in [0.05, 0.1) is 23.8 Å². The van der Waals surface area contributed by atoms with Crippen molar-refractivity contribution in [2.45, 2.75) is 6.92 Å². The smallest absolute Gasteiger partial charge is 0.205 e. The molecule has 0 amide bonds. The number of nitrogens with two attached hydrogens (primary N) is 1. The summed E-state index contributed by atoms with van der Waals surface area (Å²) in [7, 11) is 1.65. The number of para-hydroxylation sites is 1. The zero-order valence-corrected chi connectivity index (χ0v) is 10.9. The fourth-order valence-corrected chi connectivity index (χ4v) is 2.27. The Morgan fingerprint density at radius 2 is 1.95 bits per heavy atom. The molecular formula is C15H15N3O. The van der Waals surface area contributed by atoms with Gasteiger partial charge in [-0.05, 0) is 30.7 Å². The largest absolute Gasteiger partial charge is 0.497 e. The van der Waals surface area contributed by atoms with Gasteiger partial charge in [0.1, 0.15) is 5.75 Å². The number of nitrogen functional groups attached to an aromatic ring is 1. The van der Waals surface area contributed by atoms with Gasteiger partial charge in [-0.3, -0.25) is 4.57 Å². The van der Waals surface area contributed by atoms with Gasteiger partial charge < -0.3 is 10.5 Å². The molecule has 0 aliphatic heterocycles. The van der Waals surface area contributed by atoms with E-state index >= 15 is 0 Å². The molecule has 3 aromatic rings. The fraction of sp³-hybridized carbons (Fsp3) is 0.133. The summed E-state index contributed by atoms with van der Waals surface area (Å²) in [6.07, 6.45) is 0. The van der Waals surface area contributed by atoms with Gasteiger partial charge in [0.25, 0.3) is 0 Å². The third kappa shape index (κ3) is 1.81. The lowest BCUT2D eigenvalue weighted by Gasteiger charge is -2.10. The van der Waals surface area contributed by atoms with Crippen LogP contribution in [0.2, 0.25) is 0 Å². The third-order valence-electron chi connectivity index (χ3n) is 3.24. The van der Waals surface area contributed by atoms with Crippen LogP contribution in [0.15, 0.2) is 42.5 Å². The summed E-state index contributed by atoms with van der Waals surface area (Å²) in [6, 6.07) is 13.8. The number of aryl methyl sites for hydroxylation is 1. The van der Waals surface area contributed by atoms with E-state index in [-0.39, 0.29) is 0 Å². The van der Waals surface area contributed by atoms with Gasteiger partial charge in [0.2, 0.25) is 5.95 Å². The van der Waals surface area contributed by atoms with Crippen molar-refractivity contribution in [3.05, 3.63) is 48.0 Å². The van der Waals surface area contributed by atoms with Crippen LogP contribution >= 0.6 is 0 Å². The summed E-state index contributed by atoms with van der Waals surface area (Å²) in [5, 5.41) is 0. The van der Waals surface area contributed by atoms with E-state index < -0.39 is 0 Å². The standard InChI is InChI=1S/C15H15N3O/c1-10-5-3-4-6-13(10)18-14-9-11(19-2)7-8-12(14)17-15(18)16/h3-9H,1-2H3,(H2,16,17). The molecule has 0 aliphatic carbocycles. The highest BCUT2D eigenvalue weighted by atomic mass is 16.5. The molecule has 0 unspecified atom stereocenters. The van der Waals surface area contributed by atoms with Crippen molar-refractivity contribution in [1.29, 1.82) is 0 Å². The number of nitrogens with zero attached hydrogens (tertiary/aromatic N) is 2. The molecule has 1 aromatic heterocycles. The molecule has 1 heterocycles. The average molecular weight is 253 g/mol. The minimum atomic E-state index is 0.484. The van der Waals surface area contributed by atoms with Crippen LogP contribution in [-0.2, 0) is 0 Å². The van der Waals surface area contributed by atoms with E-state index in [0.29, 0.717) is 5.95 Å². The third-order valence-corrected chi connectivity index (χ3v) is 3.24. The molecule has 0 bridgehead atoms. The van der Waals surface area contributed by atoms with Crippen molar-refractivity contribution >= 4 is 17.0 Å². The van der Waals surface area contributed by atoms with Gasteiger partial charge in [-0.2, -0.15) is 0 Å². The molecule has 0 fully saturated rings. The first-order chi connectivity index (χ1) is 9.20. The molecule has 4 heteroatoms. The first-order valence-electron chi connectivity index (χ1n) is 6.08. The molecule has 0 spiro atoms. The Hall–Kier alpha value is -2.49. The molecule has 96 valence electrons. The van der Waals surface area contributed by atoms with Gasteiger partial charge in [-0.25, -0.2) is 4.98 Å². The molecule has 2 N–H and O–H groups in total. The molecule has 2 aromatic carbocycles. The van der Waals surface area contributed by atoms with Crippen molar-refractivity contribution in [3.8, 4) is 11.4 Å². The molecular weight excluding hydrogens is 238 g/mol. The lowest BCUT2D eigenvalue weighted by molar-refractivity contribution is 0.415. The number of hydrogen-bond donors (Lipinski definition) is 1. The number of anilines is 1. The topological polar surface area (TPSA) is 53.1 Å². The Labute approximate surface area is 111 Å². The molecule has 0 saturated carbocycles. The number of fused-ring (bicyclic) bond motifs is 1. The zero-order valence-electron chi connectivity index (χ0n) is 10.9. The maximum absolute atomic E-state index is 6.06. The highest BCUT2D eigenvalue weighted by molar-refractivity contribution is 5.82. The molecule has 19 heavy (non-hydrogen) atoms. The summed E-state index contributed by atoms with van der Waals surface area (Å²) in [5.74, 6) is 1.28. The minimum absolute atomic E-state index is 0.484. The van der Waals surface area contributed by atoms with Crippen LogP contribution in [-0.4, -0.2) is 16.7 Å². The predicted molar refractivity (Wildman–Crippen MR) is 76.8 cm³/mol. The Kier molecular flexibility index (Phi) is 2.63. The van der Waals surface area contributed by atoms with Crippen LogP contribution in [0.25, 0.3) is 16.7 Å². The minimum Gasteiger partial charge on any atom is -0.497 e. The first-order valence-corrected chi connectivity index (χ1v) is 6.08. The monoisotopic (exact) mass is 253 g/mol. The molecule has 0 atom stereocenters. The van der Waals surface area contributed by atoms with E-state index in [2.05, 4.69) is 18.0 Å². The van der Waals surface area contributed by atoms with Gasteiger partial charge in [0.15, 0.2) is 0 Å². The molecule has 0 radical (unpaired) electrons. The van der Waals surface area contributed by atoms with Gasteiger partial charge >= 0.3 is 0 Å². The Bertz CT molecular complexity index is 746. The number of methoxy groups -OCH3 is 1. The van der Waals surface area contributed by atoms with Crippen LogP contribution < -0.4 is 10.5 Å². The normalized spacial score (nSPS) is 10.8. The Morgan fingerprint density at radius 1 is 1.16 bits per heavy atom. The molecule has 4 nitrogen and oxygen atoms in total. The summed E-state index contributed by atoms with van der Waals surface area (Å²) < 4.78 is 7.22. The maximum atomic E-state index is 6.06. The number of imidazole rings is 1. The molecule has 3 rings (SSSR count). The van der Waals surface area contributed by atoms with Gasteiger partial charge in [-0.15, -0.1) is 0 Å². The number of hydrogen-bond acceptors (Lipinski definition) is 3. The second-order valence-corrected chi connectivity index (χ2v) is 4.45. The van der Waals surface area contributed by atoms with E-state index in [9.17, 15) is 0 Å². The van der Waals surface area contributed by atoms with Crippen LogP contribution in [0.5, 0.6) is 5.75 Å². The zero-order chi connectivity index (χ0) is 13.4. The van der Waals surface area contributed by atoms with E-state index in [1.807, 2.05) is 41.0 Å². The molecule has 0 aliphatic rings. The summed E-state index contributed by atoms with van der Waals surface area (Å²) in [6.45, 7) is 2.06. The summed E-state index contributed by atoms with van der Waals surface area (Å²) >= 11 is 0. The number of aromatic nitrogens is 2. The van der Waals surface area contributed by atoms with Crippen molar-refractivity contribution < 1.29 is 4.74 Å². The van der Waals surface area contributed by atoms with Crippen LogP contribution in [0.4, 0.5) is 5.95 Å². The molecule has 0 saturated heterocycles. The van der Waals surface area contributed by atoms with Crippen LogP contribution in [0.1, 0.15) is 5.56 Å². The highest BCUT2D eigenvalue weighted by Gasteiger charge is 2.12. The number of ether oxygens (including phenoxy) is 1. The Balaban J connectivity index is 2.34. The quantitative estimate of drug-likeness (QED) is 0.764. The van der Waals surface area contributed by atoms with Crippen LogP contribution in [0, 0.1) is 6.92 Å². The predicted octanol–water partition coefficient (Wildman–Crippen LogP) is 2.92. The lowest BCUT2D eigenvalue weighted by atomic mass is 10.2. The Morgan fingerprint density at radius 3 is 2.68 bits per heavy atom. The SMILES string of the molecule is COc1ccc2nc(N)n(-c3ccccc3C)c2c1. The van der Waals surface area contributed by atoms with Gasteiger partial charge in [0, 0.05) is 6.07 Å². The average Bonchev–Trinajstić information content (AvgIpc) is 2.74. The second kappa shape index (κ2) is 4.31. The summed E-state index contributed by atoms with van der Waals surface area (Å²) in [4.78, 5) is 4.39.